The Morgan fingerprint density at radius 2 is 0.726 bits per heavy atom. The summed E-state index contributed by atoms with van der Waals surface area (Å²) < 4.78 is 7.11. The average Bonchev–Trinajstić information content (AvgIpc) is 3.81. The van der Waals surface area contributed by atoms with Gasteiger partial charge in [0.25, 0.3) is 0 Å². The first-order valence-corrected chi connectivity index (χ1v) is 21.9. The van der Waals surface area contributed by atoms with Crippen molar-refractivity contribution in [1.29, 1.82) is 0 Å². The molecule has 8 aromatic carbocycles. The Morgan fingerprint density at radius 1 is 0.387 bits per heavy atom. The fraction of sp³-hybridized carbons (Fsp3) is 0.138. The lowest BCUT2D eigenvalue weighted by Crippen LogP contribution is -2.35. The molecule has 0 fully saturated rings. The molecule has 6 aliphatic rings. The second kappa shape index (κ2) is 13.1. The van der Waals surface area contributed by atoms with E-state index in [0.29, 0.717) is 11.8 Å². The van der Waals surface area contributed by atoms with Gasteiger partial charge >= 0.3 is 0 Å². The van der Waals surface area contributed by atoms with Gasteiger partial charge in [0, 0.05) is 46.2 Å². The van der Waals surface area contributed by atoms with Crippen LogP contribution in [0, 0.1) is 0 Å². The minimum absolute atomic E-state index is 0.0313. The van der Waals surface area contributed by atoms with Crippen LogP contribution in [0.25, 0.3) is 22.9 Å². The largest absolute Gasteiger partial charge is 0.416 e. The third-order valence-corrected chi connectivity index (χ3v) is 14.1. The molecule has 0 N–H and O–H groups in total. The van der Waals surface area contributed by atoms with Crippen LogP contribution in [-0.4, -0.2) is 10.2 Å². The summed E-state index contributed by atoms with van der Waals surface area (Å²) in [7, 11) is 0. The van der Waals surface area contributed by atoms with Crippen molar-refractivity contribution in [3.05, 3.63) is 254 Å². The zero-order valence-electron chi connectivity index (χ0n) is 34.9. The first-order valence-electron chi connectivity index (χ1n) is 21.9. The highest BCUT2D eigenvalue weighted by molar-refractivity contribution is 5.95. The van der Waals surface area contributed by atoms with E-state index in [1.165, 1.54) is 78.0 Å². The molecule has 1 heterocycles. The maximum atomic E-state index is 7.11. The van der Waals surface area contributed by atoms with Gasteiger partial charge in [-0.3, -0.25) is 0 Å². The summed E-state index contributed by atoms with van der Waals surface area (Å²) in [5.41, 5.74) is 22.9. The summed E-state index contributed by atoms with van der Waals surface area (Å²) in [6.45, 7) is 6.73. The standard InChI is InChI=1S/C58H43N3O/c1-58(2,3)35-32-30-34(31-33-35)56-59-60-57(62-56)54-50-46-38-22-10-14-26-42(38)48(43-27-15-11-23-39(43)46)52(50)55(61(36-18-6-4-7-19-36)37-20-8-5-9-21-37)53-49-44-28-16-12-24-40(44)47(51(53)54)41-25-13-17-29-45(41)49/h4-33,46-49H,1-3H3. The predicted octanol–water partition coefficient (Wildman–Crippen LogP) is 14.1. The summed E-state index contributed by atoms with van der Waals surface area (Å²) in [5, 5.41) is 9.98. The van der Waals surface area contributed by atoms with Crippen molar-refractivity contribution in [2.24, 2.45) is 0 Å². The molecule has 15 rings (SSSR count). The number of hydrogen-bond donors (Lipinski definition) is 0. The van der Waals surface area contributed by atoms with Gasteiger partial charge in [-0.05, 0) is 114 Å². The molecule has 1 aromatic heterocycles. The predicted molar refractivity (Wildman–Crippen MR) is 248 cm³/mol. The molecule has 62 heavy (non-hydrogen) atoms. The second-order valence-electron chi connectivity index (χ2n) is 18.4. The molecule has 4 nitrogen and oxygen atoms in total. The quantitative estimate of drug-likeness (QED) is 0.174. The van der Waals surface area contributed by atoms with Crippen LogP contribution in [0.15, 0.2) is 186 Å². The van der Waals surface area contributed by atoms with Crippen LogP contribution >= 0.6 is 0 Å². The molecule has 9 aromatic rings. The van der Waals surface area contributed by atoms with Gasteiger partial charge in [0.15, 0.2) is 0 Å². The summed E-state index contributed by atoms with van der Waals surface area (Å²) in [6, 6.07) is 67.2. The molecule has 0 unspecified atom stereocenters. The van der Waals surface area contributed by atoms with Crippen molar-refractivity contribution >= 4 is 17.1 Å². The van der Waals surface area contributed by atoms with E-state index in [0.717, 1.165) is 22.5 Å². The molecule has 0 aliphatic heterocycles. The number of anilines is 3. The third-order valence-electron chi connectivity index (χ3n) is 14.1. The normalized spacial score (nSPS) is 18.2. The van der Waals surface area contributed by atoms with Crippen LogP contribution in [0.1, 0.15) is 117 Å². The van der Waals surface area contributed by atoms with Crippen LogP contribution in [0.5, 0.6) is 0 Å². The molecular weight excluding hydrogens is 755 g/mol. The number of nitrogens with zero attached hydrogens (tertiary/aromatic N) is 3. The Balaban J connectivity index is 1.21. The van der Waals surface area contributed by atoms with Crippen molar-refractivity contribution in [1.82, 2.24) is 10.2 Å². The number of para-hydroxylation sites is 2. The number of benzene rings is 8. The molecule has 4 heteroatoms. The Hall–Kier alpha value is -7.30. The molecular formula is C58H43N3O. The molecule has 0 spiro atoms. The Labute approximate surface area is 362 Å². The molecule has 0 saturated heterocycles. The van der Waals surface area contributed by atoms with Crippen molar-refractivity contribution in [2.45, 2.75) is 49.9 Å². The maximum absolute atomic E-state index is 7.11. The zero-order chi connectivity index (χ0) is 41.3. The van der Waals surface area contributed by atoms with Crippen LogP contribution in [0.4, 0.5) is 17.1 Å². The number of hydrogen-bond acceptors (Lipinski definition) is 4. The SMILES string of the molecule is CC(C)(C)c1ccc(-c2nnc(-c3c4c(c(N(c5ccccc5)c5ccccc5)c5c3C3c6ccccc6C5c5ccccc53)C3c5ccccc5C4c4ccccc43)o2)cc1. The van der Waals surface area contributed by atoms with E-state index in [2.05, 4.69) is 208 Å². The monoisotopic (exact) mass is 797 g/mol. The first kappa shape index (κ1) is 35.5. The van der Waals surface area contributed by atoms with Crippen molar-refractivity contribution in [2.75, 3.05) is 4.90 Å². The smallest absolute Gasteiger partial charge is 0.248 e. The minimum atomic E-state index is -0.0535. The molecule has 0 atom stereocenters. The van der Waals surface area contributed by atoms with Gasteiger partial charge in [-0.15, -0.1) is 10.2 Å². The Kier molecular flexibility index (Phi) is 7.49. The van der Waals surface area contributed by atoms with E-state index in [1.54, 1.807) is 0 Å². The van der Waals surface area contributed by atoms with Crippen LogP contribution in [-0.2, 0) is 5.41 Å². The lowest BCUT2D eigenvalue weighted by Gasteiger charge is -2.50. The van der Waals surface area contributed by atoms with E-state index in [1.807, 2.05) is 0 Å². The lowest BCUT2D eigenvalue weighted by atomic mass is 9.54. The van der Waals surface area contributed by atoms with Gasteiger partial charge in [0.05, 0.1) is 5.69 Å². The molecule has 296 valence electrons. The topological polar surface area (TPSA) is 42.2 Å². The summed E-state index contributed by atoms with van der Waals surface area (Å²) in [6.07, 6.45) is 0. The van der Waals surface area contributed by atoms with Gasteiger partial charge in [-0.1, -0.05) is 166 Å². The van der Waals surface area contributed by atoms with Gasteiger partial charge in [0.1, 0.15) is 0 Å². The average molecular weight is 798 g/mol. The highest BCUT2D eigenvalue weighted by atomic mass is 16.4. The Morgan fingerprint density at radius 3 is 1.10 bits per heavy atom. The van der Waals surface area contributed by atoms with Gasteiger partial charge in [0.2, 0.25) is 11.8 Å². The van der Waals surface area contributed by atoms with E-state index in [4.69, 9.17) is 14.6 Å². The van der Waals surface area contributed by atoms with Crippen molar-refractivity contribution < 1.29 is 4.42 Å². The molecule has 4 bridgehead atoms. The van der Waals surface area contributed by atoms with Crippen molar-refractivity contribution in [3.8, 4) is 22.9 Å². The van der Waals surface area contributed by atoms with Crippen molar-refractivity contribution in [3.63, 3.8) is 0 Å². The summed E-state index contributed by atoms with van der Waals surface area (Å²) in [4.78, 5) is 2.56. The van der Waals surface area contributed by atoms with E-state index >= 15 is 0 Å². The van der Waals surface area contributed by atoms with Gasteiger partial charge in [-0.2, -0.15) is 0 Å². The fourth-order valence-corrected chi connectivity index (χ4v) is 11.6. The highest BCUT2D eigenvalue weighted by Gasteiger charge is 2.52. The number of aromatic nitrogens is 2. The zero-order valence-corrected chi connectivity index (χ0v) is 34.9. The summed E-state index contributed by atoms with van der Waals surface area (Å²) >= 11 is 0. The molecule has 6 aliphatic carbocycles. The molecule has 0 radical (unpaired) electrons. The van der Waals surface area contributed by atoms with Gasteiger partial charge < -0.3 is 9.32 Å². The third kappa shape index (κ3) is 4.89. The van der Waals surface area contributed by atoms with E-state index < -0.39 is 0 Å². The highest BCUT2D eigenvalue weighted by Crippen LogP contribution is 2.68. The first-order chi connectivity index (χ1) is 30.5. The van der Waals surface area contributed by atoms with Crippen LogP contribution in [0.3, 0.4) is 0 Å². The Bertz CT molecular complexity index is 2990. The maximum Gasteiger partial charge on any atom is 0.248 e. The lowest BCUT2D eigenvalue weighted by molar-refractivity contribution is 0.578. The van der Waals surface area contributed by atoms with Crippen LogP contribution in [0.2, 0.25) is 0 Å². The van der Waals surface area contributed by atoms with E-state index in [9.17, 15) is 0 Å². The van der Waals surface area contributed by atoms with E-state index in [-0.39, 0.29) is 29.1 Å². The minimum Gasteiger partial charge on any atom is -0.416 e. The van der Waals surface area contributed by atoms with Gasteiger partial charge in [-0.25, -0.2) is 0 Å². The van der Waals surface area contributed by atoms with Crippen LogP contribution < -0.4 is 4.90 Å². The number of rotatable bonds is 5. The fourth-order valence-electron chi connectivity index (χ4n) is 11.6. The second-order valence-corrected chi connectivity index (χ2v) is 18.4. The summed E-state index contributed by atoms with van der Waals surface area (Å²) in [5.74, 6) is 0.939. The molecule has 0 amide bonds. The molecule has 0 saturated carbocycles.